The molecule has 1 aromatic rings. The normalized spacial score (nSPS) is 9.64. The fourth-order valence-corrected chi connectivity index (χ4v) is 1.33. The average Bonchev–Trinajstić information content (AvgIpc) is 2.49. The fourth-order valence-electron chi connectivity index (χ4n) is 1.33. The van der Waals surface area contributed by atoms with Gasteiger partial charge in [0.05, 0.1) is 12.2 Å². The molecule has 0 aliphatic heterocycles. The molecule has 14 heavy (non-hydrogen) atoms. The second-order valence-electron chi connectivity index (χ2n) is 3.21. The molecule has 1 aromatic heterocycles. The molecule has 1 rings (SSSR count). The Balaban J connectivity index is 2.59. The third-order valence-electron chi connectivity index (χ3n) is 2.06. The van der Waals surface area contributed by atoms with Crippen LogP contribution in [0.15, 0.2) is 6.20 Å². The molecule has 0 saturated heterocycles. The van der Waals surface area contributed by atoms with E-state index in [9.17, 15) is 0 Å². The van der Waals surface area contributed by atoms with Crippen LogP contribution in [-0.4, -0.2) is 16.8 Å². The Kier molecular flexibility index (Phi) is 4.21. The van der Waals surface area contributed by atoms with Gasteiger partial charge in [0.25, 0.3) is 0 Å². The molecule has 0 bridgehead atoms. The van der Waals surface area contributed by atoms with Gasteiger partial charge in [0, 0.05) is 24.7 Å². The van der Waals surface area contributed by atoms with Crippen LogP contribution in [0.1, 0.15) is 24.6 Å². The lowest BCUT2D eigenvalue weighted by atomic mass is 10.3. The smallest absolute Gasteiger partial charge is 0.0638 e. The highest BCUT2D eigenvalue weighted by Crippen LogP contribution is 2.05. The zero-order valence-corrected chi connectivity index (χ0v) is 9.09. The predicted octanol–water partition coefficient (Wildman–Crippen LogP) is 1.32. The van der Waals surface area contributed by atoms with Gasteiger partial charge >= 0.3 is 0 Å². The van der Waals surface area contributed by atoms with E-state index in [1.807, 2.05) is 25.6 Å². The zero-order chi connectivity index (χ0) is 10.4. The van der Waals surface area contributed by atoms with Crippen LogP contribution in [0, 0.1) is 18.8 Å². The minimum Gasteiger partial charge on any atom is -0.316 e. The summed E-state index contributed by atoms with van der Waals surface area (Å²) in [7, 11) is 1.94. The SMILES string of the molecule is CC#CCCn1cc(CNC)c(C)n1. The predicted molar refractivity (Wildman–Crippen MR) is 57.8 cm³/mol. The summed E-state index contributed by atoms with van der Waals surface area (Å²) in [5, 5.41) is 7.53. The van der Waals surface area contributed by atoms with E-state index in [2.05, 4.69) is 28.5 Å². The summed E-state index contributed by atoms with van der Waals surface area (Å²) in [6, 6.07) is 0. The van der Waals surface area contributed by atoms with E-state index in [-0.39, 0.29) is 0 Å². The van der Waals surface area contributed by atoms with Crippen LogP contribution in [0.2, 0.25) is 0 Å². The molecule has 0 unspecified atom stereocenters. The van der Waals surface area contributed by atoms with Crippen molar-refractivity contribution in [3.63, 3.8) is 0 Å². The van der Waals surface area contributed by atoms with Crippen molar-refractivity contribution in [2.45, 2.75) is 33.4 Å². The summed E-state index contributed by atoms with van der Waals surface area (Å²) in [4.78, 5) is 0. The molecule has 0 aliphatic rings. The van der Waals surface area contributed by atoms with E-state index in [1.165, 1.54) is 5.56 Å². The van der Waals surface area contributed by atoms with Crippen LogP contribution in [-0.2, 0) is 13.1 Å². The van der Waals surface area contributed by atoms with Gasteiger partial charge in [-0.05, 0) is 20.9 Å². The van der Waals surface area contributed by atoms with Crippen LogP contribution in [0.3, 0.4) is 0 Å². The van der Waals surface area contributed by atoms with Crippen molar-refractivity contribution in [1.82, 2.24) is 15.1 Å². The van der Waals surface area contributed by atoms with Crippen molar-refractivity contribution in [2.24, 2.45) is 0 Å². The molecule has 0 saturated carbocycles. The highest BCUT2D eigenvalue weighted by Gasteiger charge is 2.02. The lowest BCUT2D eigenvalue weighted by Gasteiger charge is -1.95. The summed E-state index contributed by atoms with van der Waals surface area (Å²) < 4.78 is 1.96. The molecule has 0 aliphatic carbocycles. The molecule has 0 aromatic carbocycles. The van der Waals surface area contributed by atoms with Gasteiger partial charge in [0.2, 0.25) is 0 Å². The molecular formula is C11H17N3. The molecule has 1 N–H and O–H groups in total. The van der Waals surface area contributed by atoms with E-state index in [4.69, 9.17) is 0 Å². The van der Waals surface area contributed by atoms with Gasteiger partial charge in [-0.15, -0.1) is 11.8 Å². The van der Waals surface area contributed by atoms with E-state index >= 15 is 0 Å². The molecule has 1 heterocycles. The van der Waals surface area contributed by atoms with Crippen molar-refractivity contribution in [3.8, 4) is 11.8 Å². The van der Waals surface area contributed by atoms with Gasteiger partial charge < -0.3 is 5.32 Å². The highest BCUT2D eigenvalue weighted by molar-refractivity contribution is 5.15. The second-order valence-corrected chi connectivity index (χ2v) is 3.21. The summed E-state index contributed by atoms with van der Waals surface area (Å²) >= 11 is 0. The van der Waals surface area contributed by atoms with Crippen LogP contribution >= 0.6 is 0 Å². The minimum atomic E-state index is 0.872. The maximum Gasteiger partial charge on any atom is 0.0638 e. The average molecular weight is 191 g/mol. The van der Waals surface area contributed by atoms with E-state index in [0.717, 1.165) is 25.2 Å². The Morgan fingerprint density at radius 3 is 3.00 bits per heavy atom. The molecule has 3 nitrogen and oxygen atoms in total. The third-order valence-corrected chi connectivity index (χ3v) is 2.06. The summed E-state index contributed by atoms with van der Waals surface area (Å²) in [5.74, 6) is 5.91. The first kappa shape index (κ1) is 10.8. The Labute approximate surface area is 85.5 Å². The Morgan fingerprint density at radius 2 is 2.36 bits per heavy atom. The van der Waals surface area contributed by atoms with Crippen molar-refractivity contribution < 1.29 is 0 Å². The van der Waals surface area contributed by atoms with Crippen molar-refractivity contribution >= 4 is 0 Å². The molecular weight excluding hydrogens is 174 g/mol. The Bertz CT molecular complexity index is 341. The lowest BCUT2D eigenvalue weighted by Crippen LogP contribution is -2.05. The largest absolute Gasteiger partial charge is 0.316 e. The molecule has 0 atom stereocenters. The van der Waals surface area contributed by atoms with E-state index < -0.39 is 0 Å². The molecule has 0 fully saturated rings. The van der Waals surface area contributed by atoms with E-state index in [0.29, 0.717) is 0 Å². The Morgan fingerprint density at radius 1 is 1.57 bits per heavy atom. The van der Waals surface area contributed by atoms with Crippen molar-refractivity contribution in [2.75, 3.05) is 7.05 Å². The third kappa shape index (κ3) is 2.90. The standard InChI is InChI=1S/C11H17N3/c1-4-5-6-7-14-9-11(8-12-3)10(2)13-14/h9,12H,6-8H2,1-3H3. The van der Waals surface area contributed by atoms with Crippen molar-refractivity contribution in [3.05, 3.63) is 17.5 Å². The molecule has 0 radical (unpaired) electrons. The second kappa shape index (κ2) is 5.46. The van der Waals surface area contributed by atoms with Gasteiger partial charge in [-0.3, -0.25) is 4.68 Å². The topological polar surface area (TPSA) is 29.9 Å². The number of rotatable bonds is 4. The first-order valence-electron chi connectivity index (χ1n) is 4.85. The maximum atomic E-state index is 4.41. The van der Waals surface area contributed by atoms with Gasteiger partial charge in [-0.25, -0.2) is 0 Å². The van der Waals surface area contributed by atoms with Crippen molar-refractivity contribution in [1.29, 1.82) is 0 Å². The fraction of sp³-hybridized carbons (Fsp3) is 0.545. The lowest BCUT2D eigenvalue weighted by molar-refractivity contribution is 0.624. The Hall–Kier alpha value is -1.27. The number of nitrogens with one attached hydrogen (secondary N) is 1. The zero-order valence-electron chi connectivity index (χ0n) is 9.09. The first-order chi connectivity index (χ1) is 6.77. The van der Waals surface area contributed by atoms with E-state index in [1.54, 1.807) is 0 Å². The van der Waals surface area contributed by atoms with Gasteiger partial charge in [0.1, 0.15) is 0 Å². The molecule has 3 heteroatoms. The molecule has 0 spiro atoms. The molecule has 0 amide bonds. The number of aryl methyl sites for hydroxylation is 2. The van der Waals surface area contributed by atoms with Gasteiger partial charge in [0.15, 0.2) is 0 Å². The highest BCUT2D eigenvalue weighted by atomic mass is 15.3. The molecule has 76 valence electrons. The number of hydrogen-bond donors (Lipinski definition) is 1. The van der Waals surface area contributed by atoms with Crippen LogP contribution in [0.25, 0.3) is 0 Å². The first-order valence-corrected chi connectivity index (χ1v) is 4.85. The van der Waals surface area contributed by atoms with Crippen LogP contribution in [0.5, 0.6) is 0 Å². The number of nitrogens with zero attached hydrogens (tertiary/aromatic N) is 2. The summed E-state index contributed by atoms with van der Waals surface area (Å²) in [5.41, 5.74) is 2.36. The monoisotopic (exact) mass is 191 g/mol. The quantitative estimate of drug-likeness (QED) is 0.727. The van der Waals surface area contributed by atoms with Crippen LogP contribution < -0.4 is 5.32 Å². The minimum absolute atomic E-state index is 0.872. The summed E-state index contributed by atoms with van der Waals surface area (Å²) in [6.07, 6.45) is 2.96. The summed E-state index contributed by atoms with van der Waals surface area (Å²) in [6.45, 7) is 5.66. The van der Waals surface area contributed by atoms with Crippen LogP contribution in [0.4, 0.5) is 0 Å². The number of aromatic nitrogens is 2. The number of hydrogen-bond acceptors (Lipinski definition) is 2. The van der Waals surface area contributed by atoms with Gasteiger partial charge in [-0.1, -0.05) is 0 Å². The van der Waals surface area contributed by atoms with Gasteiger partial charge in [-0.2, -0.15) is 5.10 Å². The maximum absolute atomic E-state index is 4.41.